The standard InChI is InChI=1S/C27H44O5/c1-4-5-6-7-8-9-17-24(29)18-12-10-15-23-16-11-13-19-25(23)26(32-22(2)28)20-14-21-27(30)31-3/h10-13,15,18,23-26,29H,4-9,14,16-17,19-21H2,1-3H3/b15-10+,18-12+. The Balaban J connectivity index is 2.55. The van der Waals surface area contributed by atoms with Gasteiger partial charge in [0.1, 0.15) is 6.10 Å². The summed E-state index contributed by atoms with van der Waals surface area (Å²) in [5.41, 5.74) is 0. The van der Waals surface area contributed by atoms with E-state index in [1.165, 1.54) is 46.1 Å². The van der Waals surface area contributed by atoms with Crippen LogP contribution in [0.5, 0.6) is 0 Å². The molecule has 0 aromatic carbocycles. The third kappa shape index (κ3) is 12.8. The van der Waals surface area contributed by atoms with E-state index in [-0.39, 0.29) is 29.9 Å². The minimum absolute atomic E-state index is 0.180. The fourth-order valence-electron chi connectivity index (χ4n) is 4.26. The van der Waals surface area contributed by atoms with Gasteiger partial charge in [0.15, 0.2) is 0 Å². The summed E-state index contributed by atoms with van der Waals surface area (Å²) in [5.74, 6) is -0.0960. The molecule has 0 saturated heterocycles. The zero-order valence-electron chi connectivity index (χ0n) is 20.3. The Kier molecular flexibility index (Phi) is 15.5. The van der Waals surface area contributed by atoms with Gasteiger partial charge in [-0.25, -0.2) is 0 Å². The molecule has 1 N–H and O–H groups in total. The fourth-order valence-corrected chi connectivity index (χ4v) is 4.26. The van der Waals surface area contributed by atoms with E-state index < -0.39 is 6.10 Å². The number of esters is 2. The van der Waals surface area contributed by atoms with Crippen molar-refractivity contribution in [2.24, 2.45) is 11.8 Å². The summed E-state index contributed by atoms with van der Waals surface area (Å²) >= 11 is 0. The smallest absolute Gasteiger partial charge is 0.305 e. The second-order valence-electron chi connectivity index (χ2n) is 8.78. The van der Waals surface area contributed by atoms with E-state index >= 15 is 0 Å². The Morgan fingerprint density at radius 3 is 2.47 bits per heavy atom. The second-order valence-corrected chi connectivity index (χ2v) is 8.78. The SMILES string of the molecule is CCCCCCCCC(O)/C=C/C=C/C1CC=CCC1C(CCCC(=O)OC)OC(C)=O. The molecule has 5 heteroatoms. The van der Waals surface area contributed by atoms with Crippen LogP contribution >= 0.6 is 0 Å². The van der Waals surface area contributed by atoms with Gasteiger partial charge in [0.25, 0.3) is 0 Å². The van der Waals surface area contributed by atoms with Crippen molar-refractivity contribution in [3.8, 4) is 0 Å². The van der Waals surface area contributed by atoms with E-state index in [1.807, 2.05) is 18.2 Å². The minimum atomic E-state index is -0.403. The lowest BCUT2D eigenvalue weighted by molar-refractivity contribution is -0.150. The number of aliphatic hydroxyl groups is 1. The van der Waals surface area contributed by atoms with Crippen molar-refractivity contribution in [1.29, 1.82) is 0 Å². The number of methoxy groups -OCH3 is 1. The maximum atomic E-state index is 11.7. The highest BCUT2D eigenvalue weighted by Gasteiger charge is 2.30. The highest BCUT2D eigenvalue weighted by atomic mass is 16.5. The number of carbonyl (C=O) groups excluding carboxylic acids is 2. The van der Waals surface area contributed by atoms with Gasteiger partial charge in [-0.15, -0.1) is 0 Å². The molecule has 0 aromatic heterocycles. The molecule has 0 bridgehead atoms. The largest absolute Gasteiger partial charge is 0.469 e. The maximum Gasteiger partial charge on any atom is 0.305 e. The zero-order valence-corrected chi connectivity index (χ0v) is 20.3. The number of hydrogen-bond acceptors (Lipinski definition) is 5. The molecule has 5 nitrogen and oxygen atoms in total. The van der Waals surface area contributed by atoms with Crippen LogP contribution in [-0.4, -0.2) is 36.4 Å². The summed E-state index contributed by atoms with van der Waals surface area (Å²) in [6.45, 7) is 3.65. The number of allylic oxidation sites excluding steroid dienone is 5. The molecule has 0 heterocycles. The summed E-state index contributed by atoms with van der Waals surface area (Å²) in [4.78, 5) is 23.1. The van der Waals surface area contributed by atoms with E-state index in [1.54, 1.807) is 0 Å². The average molecular weight is 449 g/mol. The first-order chi connectivity index (χ1) is 15.5. The monoisotopic (exact) mass is 448 g/mol. The lowest BCUT2D eigenvalue weighted by Crippen LogP contribution is -2.32. The highest BCUT2D eigenvalue weighted by molar-refractivity contribution is 5.69. The molecule has 1 aliphatic carbocycles. The molecule has 0 spiro atoms. The topological polar surface area (TPSA) is 72.8 Å². The maximum absolute atomic E-state index is 11.7. The van der Waals surface area contributed by atoms with Crippen LogP contribution < -0.4 is 0 Å². The fraction of sp³-hybridized carbons (Fsp3) is 0.704. The van der Waals surface area contributed by atoms with Crippen molar-refractivity contribution in [3.05, 3.63) is 36.5 Å². The molecule has 4 atom stereocenters. The average Bonchev–Trinajstić information content (AvgIpc) is 2.78. The Bertz CT molecular complexity index is 607. The van der Waals surface area contributed by atoms with Crippen LogP contribution in [0.2, 0.25) is 0 Å². The summed E-state index contributed by atoms with van der Waals surface area (Å²) < 4.78 is 10.4. The van der Waals surface area contributed by atoms with E-state index in [9.17, 15) is 14.7 Å². The van der Waals surface area contributed by atoms with Gasteiger partial charge in [0.2, 0.25) is 0 Å². The second kappa shape index (κ2) is 17.6. The van der Waals surface area contributed by atoms with Crippen LogP contribution in [-0.2, 0) is 19.1 Å². The van der Waals surface area contributed by atoms with Crippen LogP contribution in [0.1, 0.15) is 90.9 Å². The molecule has 0 fully saturated rings. The number of rotatable bonds is 16. The van der Waals surface area contributed by atoms with Gasteiger partial charge in [-0.1, -0.05) is 81.9 Å². The summed E-state index contributed by atoms with van der Waals surface area (Å²) in [6, 6.07) is 0. The molecule has 0 amide bonds. The molecule has 0 aromatic rings. The Hall–Kier alpha value is -1.88. The molecule has 0 radical (unpaired) electrons. The first-order valence-corrected chi connectivity index (χ1v) is 12.4. The molecule has 1 aliphatic rings. The molecule has 0 saturated carbocycles. The molecular weight excluding hydrogens is 404 g/mol. The Morgan fingerprint density at radius 2 is 1.75 bits per heavy atom. The number of carbonyl (C=O) groups is 2. The first kappa shape index (κ1) is 28.2. The van der Waals surface area contributed by atoms with Crippen molar-refractivity contribution in [3.63, 3.8) is 0 Å². The molecule has 32 heavy (non-hydrogen) atoms. The van der Waals surface area contributed by atoms with Crippen molar-refractivity contribution < 1.29 is 24.2 Å². The summed E-state index contributed by atoms with van der Waals surface area (Å²) in [5, 5.41) is 10.2. The third-order valence-corrected chi connectivity index (χ3v) is 6.08. The molecular formula is C27H44O5. The minimum Gasteiger partial charge on any atom is -0.469 e. The van der Waals surface area contributed by atoms with Crippen LogP contribution in [0.25, 0.3) is 0 Å². The first-order valence-electron chi connectivity index (χ1n) is 12.4. The number of unbranched alkanes of at least 4 members (excludes halogenated alkanes) is 5. The van der Waals surface area contributed by atoms with Crippen molar-refractivity contribution in [2.45, 2.75) is 103 Å². The predicted molar refractivity (Wildman–Crippen MR) is 129 cm³/mol. The van der Waals surface area contributed by atoms with E-state index in [2.05, 4.69) is 25.2 Å². The lowest BCUT2D eigenvalue weighted by Gasteiger charge is -2.33. The number of aliphatic hydroxyl groups excluding tert-OH is 1. The van der Waals surface area contributed by atoms with Gasteiger partial charge in [0.05, 0.1) is 13.2 Å². The van der Waals surface area contributed by atoms with Gasteiger partial charge in [-0.2, -0.15) is 0 Å². The van der Waals surface area contributed by atoms with Crippen LogP contribution in [0.15, 0.2) is 36.5 Å². The summed E-state index contributed by atoms with van der Waals surface area (Å²) in [7, 11) is 1.39. The summed E-state index contributed by atoms with van der Waals surface area (Å²) in [6.07, 6.45) is 23.1. The van der Waals surface area contributed by atoms with Crippen LogP contribution in [0.3, 0.4) is 0 Å². The molecule has 4 unspecified atom stereocenters. The van der Waals surface area contributed by atoms with Gasteiger partial charge in [0, 0.05) is 19.3 Å². The number of hydrogen-bond donors (Lipinski definition) is 1. The van der Waals surface area contributed by atoms with Gasteiger partial charge in [-0.05, 0) is 38.0 Å². The van der Waals surface area contributed by atoms with Crippen molar-refractivity contribution >= 4 is 11.9 Å². The molecule has 182 valence electrons. The lowest BCUT2D eigenvalue weighted by atomic mass is 9.78. The number of ether oxygens (including phenoxy) is 2. The van der Waals surface area contributed by atoms with Gasteiger partial charge < -0.3 is 14.6 Å². The highest BCUT2D eigenvalue weighted by Crippen LogP contribution is 2.33. The quantitative estimate of drug-likeness (QED) is 0.134. The van der Waals surface area contributed by atoms with E-state index in [0.717, 1.165) is 25.7 Å². The van der Waals surface area contributed by atoms with E-state index in [0.29, 0.717) is 19.3 Å². The van der Waals surface area contributed by atoms with Crippen molar-refractivity contribution in [1.82, 2.24) is 0 Å². The van der Waals surface area contributed by atoms with Crippen LogP contribution in [0.4, 0.5) is 0 Å². The molecule has 1 rings (SSSR count). The Labute approximate surface area is 194 Å². The van der Waals surface area contributed by atoms with E-state index in [4.69, 9.17) is 9.47 Å². The van der Waals surface area contributed by atoms with Gasteiger partial charge in [-0.3, -0.25) is 9.59 Å². The molecule has 0 aliphatic heterocycles. The normalized spacial score (nSPS) is 20.5. The third-order valence-electron chi connectivity index (χ3n) is 6.08. The zero-order chi connectivity index (χ0) is 23.6. The van der Waals surface area contributed by atoms with Crippen molar-refractivity contribution in [2.75, 3.05) is 7.11 Å². The Morgan fingerprint density at radius 1 is 1.03 bits per heavy atom. The predicted octanol–water partition coefficient (Wildman–Crippen LogP) is 6.07. The van der Waals surface area contributed by atoms with Gasteiger partial charge >= 0.3 is 11.9 Å². The van der Waals surface area contributed by atoms with Crippen LogP contribution in [0, 0.1) is 11.8 Å².